The Morgan fingerprint density at radius 3 is 1.54 bits per heavy atom. The molecule has 0 amide bonds. The number of halogens is 1. The van der Waals surface area contributed by atoms with Crippen molar-refractivity contribution in [3.8, 4) is 11.5 Å². The van der Waals surface area contributed by atoms with Crippen molar-refractivity contribution in [3.63, 3.8) is 0 Å². The number of hydrogen-bond acceptors (Lipinski definition) is 5. The Bertz CT molecular complexity index is 1210. The molecule has 0 unspecified atom stereocenters. The van der Waals surface area contributed by atoms with Crippen molar-refractivity contribution >= 4 is 46.3 Å². The second-order valence-corrected chi connectivity index (χ2v) is 12.8. The highest BCUT2D eigenvalue weighted by atomic mass is 127. The monoisotopic (exact) mass is 791 g/mol. The summed E-state index contributed by atoms with van der Waals surface area (Å²) in [5.41, 5.74) is 4.10. The molecule has 0 atom stereocenters. The van der Waals surface area contributed by atoms with Gasteiger partial charge in [0.05, 0.1) is 5.56 Å². The number of unbranched alkanes of at least 4 members (excludes halogenated alkanes) is 5. The SMILES string of the molecule is CC.CCCC.CCCC.CCCCCC.CCCc1c(OCc2ccc(Sc3ccc(C(C)=N)cc3)cc2)ccc(C(C)=O)c1OI. The zero-order chi connectivity index (χ0) is 36.7. The summed E-state index contributed by atoms with van der Waals surface area (Å²) in [5.74, 6) is 1.34. The van der Waals surface area contributed by atoms with Gasteiger partial charge in [0.25, 0.3) is 0 Å². The summed E-state index contributed by atoms with van der Waals surface area (Å²) >= 11 is 3.52. The van der Waals surface area contributed by atoms with Crippen molar-refractivity contribution in [3.05, 3.63) is 82.9 Å². The van der Waals surface area contributed by atoms with Crippen LogP contribution in [0.4, 0.5) is 0 Å². The van der Waals surface area contributed by atoms with Crippen LogP contribution in [-0.2, 0) is 13.0 Å². The van der Waals surface area contributed by atoms with Crippen LogP contribution < -0.4 is 7.80 Å². The zero-order valence-electron chi connectivity index (χ0n) is 32.1. The van der Waals surface area contributed by atoms with Crippen LogP contribution in [0.5, 0.6) is 11.5 Å². The highest BCUT2D eigenvalue weighted by molar-refractivity contribution is 14.1. The molecule has 3 rings (SSSR count). The van der Waals surface area contributed by atoms with Crippen LogP contribution >= 0.6 is 34.8 Å². The maximum atomic E-state index is 11.9. The minimum atomic E-state index is -0.0174. The lowest BCUT2D eigenvalue weighted by Crippen LogP contribution is -2.04. The van der Waals surface area contributed by atoms with Gasteiger partial charge in [-0.15, -0.1) is 0 Å². The number of carbonyl (C=O) groups excluding carboxylic acids is 1. The fourth-order valence-corrected chi connectivity index (χ4v) is 5.14. The molecular formula is C42H66INO3S. The highest BCUT2D eigenvalue weighted by Crippen LogP contribution is 2.36. The van der Waals surface area contributed by atoms with E-state index in [0.717, 1.165) is 45.1 Å². The predicted octanol–water partition coefficient (Wildman–Crippen LogP) is 14.9. The Morgan fingerprint density at radius 2 is 1.17 bits per heavy atom. The molecule has 0 heterocycles. The van der Waals surface area contributed by atoms with Crippen LogP contribution in [-0.4, -0.2) is 11.5 Å². The van der Waals surface area contributed by atoms with E-state index in [1.165, 1.54) is 51.4 Å². The normalized spacial score (nSPS) is 9.58. The fraction of sp³-hybridized carbons (Fsp3) is 0.524. The molecule has 3 aromatic carbocycles. The quantitative estimate of drug-likeness (QED) is 0.0721. The third-order valence-electron chi connectivity index (χ3n) is 6.97. The Kier molecular flexibility index (Phi) is 31.8. The summed E-state index contributed by atoms with van der Waals surface area (Å²) in [6.45, 7) is 23.1. The lowest BCUT2D eigenvalue weighted by Gasteiger charge is -2.16. The zero-order valence-corrected chi connectivity index (χ0v) is 35.0. The number of ether oxygens (including phenoxy) is 1. The Hall–Kier alpha value is -2.32. The van der Waals surface area contributed by atoms with Crippen LogP contribution in [0.2, 0.25) is 0 Å². The molecule has 0 saturated carbocycles. The summed E-state index contributed by atoms with van der Waals surface area (Å²) in [7, 11) is 0. The molecular weight excluding hydrogens is 725 g/mol. The van der Waals surface area contributed by atoms with Crippen molar-refractivity contribution in [1.82, 2.24) is 0 Å². The van der Waals surface area contributed by atoms with Gasteiger partial charge in [0.2, 0.25) is 0 Å². The van der Waals surface area contributed by atoms with E-state index in [4.69, 9.17) is 13.2 Å². The molecule has 3 aromatic rings. The minimum absolute atomic E-state index is 0.0174. The van der Waals surface area contributed by atoms with Crippen LogP contribution in [0.1, 0.15) is 161 Å². The molecule has 270 valence electrons. The van der Waals surface area contributed by atoms with Gasteiger partial charge in [-0.05, 0) is 67.8 Å². The summed E-state index contributed by atoms with van der Waals surface area (Å²) in [6.07, 6.45) is 12.5. The second-order valence-electron chi connectivity index (χ2n) is 11.2. The minimum Gasteiger partial charge on any atom is -0.488 e. The molecule has 6 heteroatoms. The molecule has 4 nitrogen and oxygen atoms in total. The van der Waals surface area contributed by atoms with Gasteiger partial charge >= 0.3 is 0 Å². The van der Waals surface area contributed by atoms with Crippen molar-refractivity contribution in [2.75, 3.05) is 0 Å². The average molecular weight is 792 g/mol. The summed E-state index contributed by atoms with van der Waals surface area (Å²) < 4.78 is 11.7. The topological polar surface area (TPSA) is 59.4 Å². The van der Waals surface area contributed by atoms with Gasteiger partial charge < -0.3 is 13.2 Å². The highest BCUT2D eigenvalue weighted by Gasteiger charge is 2.18. The number of rotatable bonds is 15. The lowest BCUT2D eigenvalue weighted by atomic mass is 10.0. The van der Waals surface area contributed by atoms with Gasteiger partial charge in [-0.25, -0.2) is 0 Å². The number of ketones is 1. The third-order valence-corrected chi connectivity index (χ3v) is 8.43. The Balaban J connectivity index is 0. The molecule has 0 radical (unpaired) electrons. The molecule has 0 aliphatic rings. The van der Waals surface area contributed by atoms with Crippen LogP contribution in [0, 0.1) is 5.41 Å². The van der Waals surface area contributed by atoms with Gasteiger partial charge in [0.1, 0.15) is 12.4 Å². The maximum Gasteiger partial charge on any atom is 0.192 e. The number of nitrogens with one attached hydrogen (secondary N) is 1. The first-order valence-corrected chi connectivity index (χ1v) is 19.9. The van der Waals surface area contributed by atoms with Crippen molar-refractivity contribution in [2.45, 2.75) is 157 Å². The molecule has 0 aliphatic carbocycles. The largest absolute Gasteiger partial charge is 0.488 e. The van der Waals surface area contributed by atoms with Crippen molar-refractivity contribution in [1.29, 1.82) is 5.41 Å². The van der Waals surface area contributed by atoms with E-state index in [-0.39, 0.29) is 5.78 Å². The van der Waals surface area contributed by atoms with E-state index in [2.05, 4.69) is 72.7 Å². The summed E-state index contributed by atoms with van der Waals surface area (Å²) in [4.78, 5) is 14.2. The van der Waals surface area contributed by atoms with E-state index < -0.39 is 0 Å². The fourth-order valence-electron chi connectivity index (χ4n) is 3.82. The third kappa shape index (κ3) is 20.9. The van der Waals surface area contributed by atoms with Gasteiger partial charge in [-0.3, -0.25) is 4.79 Å². The molecule has 0 saturated heterocycles. The number of benzene rings is 3. The lowest BCUT2D eigenvalue weighted by molar-refractivity contribution is 0.101. The van der Waals surface area contributed by atoms with Crippen LogP contribution in [0.25, 0.3) is 0 Å². The van der Waals surface area contributed by atoms with E-state index >= 15 is 0 Å². The Labute approximate surface area is 313 Å². The van der Waals surface area contributed by atoms with Crippen molar-refractivity contribution in [2.24, 2.45) is 0 Å². The smallest absolute Gasteiger partial charge is 0.192 e. The summed E-state index contributed by atoms with van der Waals surface area (Å²) in [6, 6.07) is 20.0. The van der Waals surface area contributed by atoms with E-state index in [9.17, 15) is 4.79 Å². The van der Waals surface area contributed by atoms with E-state index in [1.807, 2.05) is 67.2 Å². The standard InChI is InChI=1S/C26H26INO3S.C6H14.2C4H10.C2H6/c1-4-5-24-25(15-14-23(18(3)29)26(24)31-27)30-16-19-6-10-21(11-7-19)32-22-12-8-20(9-13-22)17(2)28;1-3-5-6-4-2;2*1-3-4-2;1-2/h6-15,28H,4-5,16H2,1-3H3;3-6H2,1-2H3;2*3-4H2,1-2H3;1-2H3. The molecule has 1 N–H and O–H groups in total. The first-order chi connectivity index (χ1) is 23.2. The van der Waals surface area contributed by atoms with Gasteiger partial charge in [-0.1, -0.05) is 156 Å². The average Bonchev–Trinajstić information content (AvgIpc) is 3.12. The molecule has 0 aliphatic heterocycles. The van der Waals surface area contributed by atoms with Crippen LogP contribution in [0.15, 0.2) is 70.5 Å². The molecule has 0 fully saturated rings. The molecule has 0 bridgehead atoms. The van der Waals surface area contributed by atoms with Crippen molar-refractivity contribution < 1.29 is 12.6 Å². The Morgan fingerprint density at radius 1 is 0.688 bits per heavy atom. The molecule has 48 heavy (non-hydrogen) atoms. The first-order valence-electron chi connectivity index (χ1n) is 18.2. The van der Waals surface area contributed by atoms with E-state index in [1.54, 1.807) is 31.7 Å². The number of carbonyl (C=O) groups is 1. The maximum absolute atomic E-state index is 11.9. The molecule has 0 spiro atoms. The van der Waals surface area contributed by atoms with Gasteiger partial charge in [-0.2, -0.15) is 0 Å². The van der Waals surface area contributed by atoms with Gasteiger partial charge in [0.15, 0.2) is 34.5 Å². The van der Waals surface area contributed by atoms with Gasteiger partial charge in [0, 0.05) is 21.1 Å². The molecule has 0 aromatic heterocycles. The van der Waals surface area contributed by atoms with Crippen LogP contribution in [0.3, 0.4) is 0 Å². The van der Waals surface area contributed by atoms with E-state index in [0.29, 0.717) is 23.6 Å². The summed E-state index contributed by atoms with van der Waals surface area (Å²) in [5, 5.41) is 7.70. The first kappa shape index (κ1) is 47.8. The predicted molar refractivity (Wildman–Crippen MR) is 221 cm³/mol. The number of hydrogen-bond donors (Lipinski definition) is 1. The number of Topliss-reactive ketones (excluding diaryl/α,β-unsaturated/α-hetero) is 1. The second kappa shape index (κ2) is 31.9.